The third-order valence-electron chi connectivity index (χ3n) is 3.84. The van der Waals surface area contributed by atoms with Crippen molar-refractivity contribution in [2.75, 3.05) is 19.5 Å². The van der Waals surface area contributed by atoms with Crippen molar-refractivity contribution in [3.8, 4) is 0 Å². The van der Waals surface area contributed by atoms with Crippen molar-refractivity contribution in [2.24, 2.45) is 5.14 Å². The number of nitrogens with two attached hydrogens (primary N) is 1. The molecular formula is C17H19N3O6S3. The average Bonchev–Trinajstić information content (AvgIpc) is 3.00. The van der Waals surface area contributed by atoms with Gasteiger partial charge in [-0.1, -0.05) is 12.1 Å². The molecule has 0 radical (unpaired) electrons. The van der Waals surface area contributed by atoms with Crippen molar-refractivity contribution in [2.45, 2.75) is 18.4 Å². The molecule has 12 heteroatoms. The number of hydrogen-bond donors (Lipinski definition) is 3. The Kier molecular flexibility index (Phi) is 7.30. The number of thiophene rings is 1. The lowest BCUT2D eigenvalue weighted by atomic mass is 10.1. The van der Waals surface area contributed by atoms with E-state index in [-0.39, 0.29) is 20.4 Å². The standard InChI is InChI=1S/C17H19N3O6S3/c1-9-12(15(21)25-2)14(28-13(9)16(22)26-3)20-17(27)19-8-10-4-6-11(7-5-10)29(18,23)24/h4-7H,8H2,1-3H3,(H2,18,23,24)(H2,19,20,27). The topological polar surface area (TPSA) is 137 Å². The number of rotatable bonds is 6. The number of anilines is 1. The van der Waals surface area contributed by atoms with Crippen LogP contribution < -0.4 is 15.8 Å². The summed E-state index contributed by atoms with van der Waals surface area (Å²) >= 11 is 6.27. The van der Waals surface area contributed by atoms with Crippen LogP contribution in [0.5, 0.6) is 0 Å². The maximum atomic E-state index is 12.1. The highest BCUT2D eigenvalue weighted by Crippen LogP contribution is 2.34. The predicted octanol–water partition coefficient (Wildman–Crippen LogP) is 1.76. The van der Waals surface area contributed by atoms with E-state index >= 15 is 0 Å². The van der Waals surface area contributed by atoms with Crippen LogP contribution in [0, 0.1) is 6.92 Å². The normalized spacial score (nSPS) is 10.9. The van der Waals surface area contributed by atoms with Crippen LogP contribution in [-0.4, -0.2) is 39.7 Å². The first-order chi connectivity index (χ1) is 13.6. The maximum absolute atomic E-state index is 12.1. The van der Waals surface area contributed by atoms with Gasteiger partial charge in [-0.15, -0.1) is 11.3 Å². The molecule has 29 heavy (non-hydrogen) atoms. The van der Waals surface area contributed by atoms with Crippen molar-refractivity contribution in [1.82, 2.24) is 5.32 Å². The van der Waals surface area contributed by atoms with E-state index in [4.69, 9.17) is 26.8 Å². The molecular weight excluding hydrogens is 438 g/mol. The monoisotopic (exact) mass is 457 g/mol. The largest absolute Gasteiger partial charge is 0.465 e. The van der Waals surface area contributed by atoms with Gasteiger partial charge in [0, 0.05) is 6.54 Å². The number of carbonyl (C=O) groups is 2. The number of thiocarbonyl (C=S) groups is 1. The van der Waals surface area contributed by atoms with Gasteiger partial charge in [0.1, 0.15) is 9.88 Å². The molecule has 1 aromatic heterocycles. The van der Waals surface area contributed by atoms with Gasteiger partial charge in [0.2, 0.25) is 10.0 Å². The van der Waals surface area contributed by atoms with Crippen molar-refractivity contribution in [3.63, 3.8) is 0 Å². The lowest BCUT2D eigenvalue weighted by molar-refractivity contribution is 0.0601. The van der Waals surface area contributed by atoms with Gasteiger partial charge in [-0.3, -0.25) is 0 Å². The molecule has 0 unspecified atom stereocenters. The Labute approximate surface area is 177 Å². The van der Waals surface area contributed by atoms with Gasteiger partial charge in [-0.2, -0.15) is 0 Å². The first-order valence-corrected chi connectivity index (χ1v) is 10.8. The summed E-state index contributed by atoms with van der Waals surface area (Å²) in [4.78, 5) is 24.3. The molecule has 0 amide bonds. The molecule has 0 spiro atoms. The van der Waals surface area contributed by atoms with E-state index in [0.29, 0.717) is 17.1 Å². The smallest absolute Gasteiger partial charge is 0.348 e. The fourth-order valence-corrected chi connectivity index (χ4v) is 4.24. The van der Waals surface area contributed by atoms with Gasteiger partial charge in [0.15, 0.2) is 5.11 Å². The molecule has 4 N–H and O–H groups in total. The number of methoxy groups -OCH3 is 2. The average molecular weight is 458 g/mol. The number of primary sulfonamides is 1. The van der Waals surface area contributed by atoms with Crippen LogP contribution in [0.2, 0.25) is 0 Å². The van der Waals surface area contributed by atoms with E-state index < -0.39 is 22.0 Å². The fraction of sp³-hybridized carbons (Fsp3) is 0.235. The minimum absolute atomic E-state index is 0.00840. The molecule has 1 aromatic carbocycles. The number of carbonyl (C=O) groups excluding carboxylic acids is 2. The minimum atomic E-state index is -3.76. The molecule has 0 aliphatic rings. The zero-order valence-corrected chi connectivity index (χ0v) is 18.2. The number of benzene rings is 1. The van der Waals surface area contributed by atoms with Crippen LogP contribution in [0.3, 0.4) is 0 Å². The number of ether oxygens (including phenoxy) is 2. The highest BCUT2D eigenvalue weighted by atomic mass is 32.2. The summed E-state index contributed by atoms with van der Waals surface area (Å²) in [6.07, 6.45) is 0. The first-order valence-electron chi connectivity index (χ1n) is 8.05. The number of nitrogens with one attached hydrogen (secondary N) is 2. The molecule has 0 aliphatic heterocycles. The number of esters is 2. The molecule has 0 saturated carbocycles. The third kappa shape index (κ3) is 5.50. The van der Waals surface area contributed by atoms with E-state index in [2.05, 4.69) is 10.6 Å². The van der Waals surface area contributed by atoms with E-state index in [1.54, 1.807) is 19.1 Å². The summed E-state index contributed by atoms with van der Waals surface area (Å²) in [6.45, 7) is 1.90. The quantitative estimate of drug-likeness (QED) is 0.438. The van der Waals surface area contributed by atoms with Gasteiger partial charge in [0.05, 0.1) is 24.7 Å². The van der Waals surface area contributed by atoms with Crippen molar-refractivity contribution in [3.05, 3.63) is 45.8 Å². The molecule has 0 bridgehead atoms. The van der Waals surface area contributed by atoms with Crippen LogP contribution in [0.25, 0.3) is 0 Å². The highest BCUT2D eigenvalue weighted by Gasteiger charge is 2.26. The summed E-state index contributed by atoms with van der Waals surface area (Å²) in [5.74, 6) is -1.18. The molecule has 2 rings (SSSR count). The van der Waals surface area contributed by atoms with Crippen molar-refractivity contribution in [1.29, 1.82) is 0 Å². The van der Waals surface area contributed by atoms with Crippen LogP contribution in [0.15, 0.2) is 29.2 Å². The van der Waals surface area contributed by atoms with Gasteiger partial charge in [-0.05, 0) is 42.4 Å². The van der Waals surface area contributed by atoms with Gasteiger partial charge < -0.3 is 20.1 Å². The summed E-state index contributed by atoms with van der Waals surface area (Å²) in [6, 6.07) is 5.98. The number of hydrogen-bond acceptors (Lipinski definition) is 8. The first kappa shape index (κ1) is 22.7. The number of sulfonamides is 1. The second kappa shape index (κ2) is 9.31. The second-order valence-electron chi connectivity index (χ2n) is 5.74. The van der Waals surface area contributed by atoms with Crippen LogP contribution in [0.1, 0.15) is 31.2 Å². The predicted molar refractivity (Wildman–Crippen MR) is 113 cm³/mol. The Morgan fingerprint density at radius 2 is 1.72 bits per heavy atom. The molecule has 2 aromatic rings. The maximum Gasteiger partial charge on any atom is 0.348 e. The van der Waals surface area contributed by atoms with Crippen LogP contribution in [-0.2, 0) is 26.0 Å². The molecule has 156 valence electrons. The van der Waals surface area contributed by atoms with Crippen LogP contribution in [0.4, 0.5) is 5.00 Å². The summed E-state index contributed by atoms with van der Waals surface area (Å²) in [5, 5.41) is 11.4. The zero-order chi connectivity index (χ0) is 21.8. The van der Waals surface area contributed by atoms with Crippen molar-refractivity contribution >= 4 is 55.6 Å². The molecule has 0 aliphatic carbocycles. The van der Waals surface area contributed by atoms with Crippen LogP contribution >= 0.6 is 23.6 Å². The SMILES string of the molecule is COC(=O)c1sc(NC(=S)NCc2ccc(S(N)(=O)=O)cc2)c(C(=O)OC)c1C. The van der Waals surface area contributed by atoms with E-state index in [0.717, 1.165) is 16.9 Å². The van der Waals surface area contributed by atoms with Gasteiger partial charge in [0.25, 0.3) is 0 Å². The summed E-state index contributed by atoms with van der Waals surface area (Å²) < 4.78 is 32.1. The van der Waals surface area contributed by atoms with E-state index in [1.807, 2.05) is 0 Å². The molecule has 1 heterocycles. The molecule has 0 atom stereocenters. The van der Waals surface area contributed by atoms with Gasteiger partial charge >= 0.3 is 11.9 Å². The Hall–Kier alpha value is -2.54. The molecule has 0 saturated heterocycles. The fourth-order valence-electron chi connectivity index (χ4n) is 2.36. The molecule has 0 fully saturated rings. The van der Waals surface area contributed by atoms with Crippen molar-refractivity contribution < 1.29 is 27.5 Å². The van der Waals surface area contributed by atoms with Gasteiger partial charge in [-0.25, -0.2) is 23.1 Å². The zero-order valence-electron chi connectivity index (χ0n) is 15.8. The van der Waals surface area contributed by atoms with E-state index in [9.17, 15) is 18.0 Å². The Morgan fingerprint density at radius 1 is 1.14 bits per heavy atom. The lowest BCUT2D eigenvalue weighted by Gasteiger charge is -2.11. The lowest BCUT2D eigenvalue weighted by Crippen LogP contribution is -2.28. The Balaban J connectivity index is 2.14. The molecule has 9 nitrogen and oxygen atoms in total. The Bertz CT molecular complexity index is 1050. The second-order valence-corrected chi connectivity index (χ2v) is 8.73. The Morgan fingerprint density at radius 3 is 2.24 bits per heavy atom. The summed E-state index contributed by atoms with van der Waals surface area (Å²) in [7, 11) is -1.27. The minimum Gasteiger partial charge on any atom is -0.465 e. The highest BCUT2D eigenvalue weighted by molar-refractivity contribution is 7.89. The van der Waals surface area contributed by atoms with E-state index in [1.165, 1.54) is 26.4 Å². The summed E-state index contributed by atoms with van der Waals surface area (Å²) in [5.41, 5.74) is 1.38. The third-order valence-corrected chi connectivity index (χ3v) is 6.20.